The summed E-state index contributed by atoms with van der Waals surface area (Å²) in [7, 11) is 0. The Labute approximate surface area is 131 Å². The van der Waals surface area contributed by atoms with Crippen LogP contribution < -0.4 is 0 Å². The smallest absolute Gasteiger partial charge is 0.168 e. The summed E-state index contributed by atoms with van der Waals surface area (Å²) in [6, 6.07) is 7.98. The maximum atomic E-state index is 11.3. The van der Waals surface area contributed by atoms with E-state index in [4.69, 9.17) is 0 Å². The monoisotopic (exact) mass is 346 g/mol. The van der Waals surface area contributed by atoms with E-state index in [-0.39, 0.29) is 23.0 Å². The minimum Gasteiger partial charge on any atom is -0.504 e. The molecular weight excluding hydrogens is 332 g/mol. The van der Waals surface area contributed by atoms with Crippen LogP contribution in [-0.4, -0.2) is 16.5 Å². The van der Waals surface area contributed by atoms with Crippen molar-refractivity contribution in [2.24, 2.45) is 0 Å². The van der Waals surface area contributed by atoms with E-state index < -0.39 is 0 Å². The quantitative estimate of drug-likeness (QED) is 0.636. The van der Waals surface area contributed by atoms with Crippen LogP contribution in [0.25, 0.3) is 0 Å². The minimum atomic E-state index is -0.297. The molecule has 3 nitrogen and oxygen atoms in total. The standard InChI is InChI=1S/C17H15BrO3/c1-9-15-11(10-4-2-3-5-14(10)18)6-7-12(15)13(8-19)17(21)16(9)20/h2-5,8,11,20-21H,6-7H2,1H3. The molecule has 0 saturated heterocycles. The molecule has 2 aromatic rings. The van der Waals surface area contributed by atoms with Gasteiger partial charge in [-0.2, -0.15) is 0 Å². The second-order valence-corrected chi connectivity index (χ2v) is 6.21. The van der Waals surface area contributed by atoms with E-state index in [0.717, 1.165) is 34.0 Å². The van der Waals surface area contributed by atoms with Crippen molar-refractivity contribution in [2.45, 2.75) is 25.7 Å². The van der Waals surface area contributed by atoms with Gasteiger partial charge in [0.15, 0.2) is 17.8 Å². The molecule has 108 valence electrons. The lowest BCUT2D eigenvalue weighted by Crippen LogP contribution is -2.02. The fraction of sp³-hybridized carbons (Fsp3) is 0.235. The highest BCUT2D eigenvalue weighted by Gasteiger charge is 2.32. The molecule has 0 aromatic heterocycles. The van der Waals surface area contributed by atoms with Crippen molar-refractivity contribution < 1.29 is 15.0 Å². The molecule has 1 aliphatic rings. The van der Waals surface area contributed by atoms with Gasteiger partial charge in [-0.1, -0.05) is 34.1 Å². The number of hydrogen-bond donors (Lipinski definition) is 2. The van der Waals surface area contributed by atoms with E-state index >= 15 is 0 Å². The van der Waals surface area contributed by atoms with Crippen molar-refractivity contribution in [3.63, 3.8) is 0 Å². The van der Waals surface area contributed by atoms with Gasteiger partial charge in [0.2, 0.25) is 0 Å². The Morgan fingerprint density at radius 3 is 2.62 bits per heavy atom. The lowest BCUT2D eigenvalue weighted by Gasteiger charge is -2.18. The third-order valence-corrected chi connectivity index (χ3v) is 5.04. The number of phenols is 2. The first-order valence-corrected chi connectivity index (χ1v) is 7.62. The van der Waals surface area contributed by atoms with E-state index in [1.54, 1.807) is 6.92 Å². The lowest BCUT2D eigenvalue weighted by atomic mass is 9.88. The lowest BCUT2D eigenvalue weighted by molar-refractivity contribution is 0.111. The first-order valence-electron chi connectivity index (χ1n) is 6.83. The number of rotatable bonds is 2. The summed E-state index contributed by atoms with van der Waals surface area (Å²) in [6.45, 7) is 1.79. The number of halogens is 1. The summed E-state index contributed by atoms with van der Waals surface area (Å²) in [4.78, 5) is 11.3. The molecule has 4 heteroatoms. The van der Waals surface area contributed by atoms with Crippen LogP contribution in [0.15, 0.2) is 28.7 Å². The normalized spacial score (nSPS) is 16.8. The van der Waals surface area contributed by atoms with Crippen molar-refractivity contribution in [2.75, 3.05) is 0 Å². The molecule has 0 radical (unpaired) electrons. The average molecular weight is 347 g/mol. The number of phenolic OH excluding ortho intramolecular Hbond substituents is 2. The van der Waals surface area contributed by atoms with E-state index in [1.165, 1.54) is 0 Å². The van der Waals surface area contributed by atoms with Gasteiger partial charge in [0, 0.05) is 10.4 Å². The summed E-state index contributed by atoms with van der Waals surface area (Å²) in [5.41, 5.74) is 3.85. The van der Waals surface area contributed by atoms with Gasteiger partial charge >= 0.3 is 0 Å². The van der Waals surface area contributed by atoms with Crippen molar-refractivity contribution in [1.82, 2.24) is 0 Å². The fourth-order valence-electron chi connectivity index (χ4n) is 3.32. The molecule has 0 heterocycles. The molecule has 0 saturated carbocycles. The molecule has 1 aliphatic carbocycles. The number of carbonyl (C=O) groups is 1. The van der Waals surface area contributed by atoms with E-state index in [0.29, 0.717) is 11.8 Å². The molecule has 0 amide bonds. The molecular formula is C17H15BrO3. The number of aldehydes is 1. The molecule has 0 bridgehead atoms. The first-order chi connectivity index (χ1) is 10.1. The topological polar surface area (TPSA) is 57.5 Å². The van der Waals surface area contributed by atoms with Gasteiger partial charge in [0.25, 0.3) is 0 Å². The van der Waals surface area contributed by atoms with Crippen LogP contribution in [0.2, 0.25) is 0 Å². The summed E-state index contributed by atoms with van der Waals surface area (Å²) in [5.74, 6) is -0.357. The maximum Gasteiger partial charge on any atom is 0.168 e. The summed E-state index contributed by atoms with van der Waals surface area (Å²) in [6.07, 6.45) is 2.22. The molecule has 2 aromatic carbocycles. The number of hydrogen-bond acceptors (Lipinski definition) is 3. The Morgan fingerprint density at radius 1 is 1.24 bits per heavy atom. The van der Waals surface area contributed by atoms with Gasteiger partial charge in [-0.3, -0.25) is 4.79 Å². The van der Waals surface area contributed by atoms with Crippen molar-refractivity contribution in [1.29, 1.82) is 0 Å². The predicted octanol–water partition coefficient (Wildman–Crippen LogP) is 4.06. The van der Waals surface area contributed by atoms with Crippen LogP contribution in [0.4, 0.5) is 0 Å². The summed E-state index contributed by atoms with van der Waals surface area (Å²) in [5, 5.41) is 20.1. The zero-order valence-corrected chi connectivity index (χ0v) is 13.1. The minimum absolute atomic E-state index is 0.126. The van der Waals surface area contributed by atoms with Gasteiger partial charge in [-0.15, -0.1) is 0 Å². The van der Waals surface area contributed by atoms with Crippen LogP contribution in [0.1, 0.15) is 45.0 Å². The summed E-state index contributed by atoms with van der Waals surface area (Å²) >= 11 is 3.57. The second-order valence-electron chi connectivity index (χ2n) is 5.36. The molecule has 1 unspecified atom stereocenters. The highest BCUT2D eigenvalue weighted by Crippen LogP contribution is 2.49. The van der Waals surface area contributed by atoms with Crippen LogP contribution >= 0.6 is 15.9 Å². The first kappa shape index (κ1) is 14.1. The van der Waals surface area contributed by atoms with Gasteiger partial charge in [0.05, 0.1) is 5.56 Å². The van der Waals surface area contributed by atoms with Crippen LogP contribution in [0.3, 0.4) is 0 Å². The molecule has 0 aliphatic heterocycles. The molecule has 0 fully saturated rings. The van der Waals surface area contributed by atoms with E-state index in [2.05, 4.69) is 15.9 Å². The third kappa shape index (κ3) is 2.05. The van der Waals surface area contributed by atoms with Crippen LogP contribution in [0.5, 0.6) is 11.5 Å². The van der Waals surface area contributed by atoms with Gasteiger partial charge in [-0.05, 0) is 48.1 Å². The van der Waals surface area contributed by atoms with Gasteiger partial charge < -0.3 is 10.2 Å². The average Bonchev–Trinajstić information content (AvgIpc) is 2.90. The number of benzene rings is 2. The fourth-order valence-corrected chi connectivity index (χ4v) is 3.88. The summed E-state index contributed by atoms with van der Waals surface area (Å²) < 4.78 is 1.02. The highest BCUT2D eigenvalue weighted by molar-refractivity contribution is 9.10. The molecule has 2 N–H and O–H groups in total. The zero-order valence-electron chi connectivity index (χ0n) is 11.6. The van der Waals surface area contributed by atoms with Crippen molar-refractivity contribution >= 4 is 22.2 Å². The Hall–Kier alpha value is -1.81. The Morgan fingerprint density at radius 2 is 1.95 bits per heavy atom. The third-order valence-electron chi connectivity index (χ3n) is 4.32. The SMILES string of the molecule is Cc1c(O)c(O)c(C=O)c2c1C(c1ccccc1Br)CC2. The van der Waals surface area contributed by atoms with Crippen molar-refractivity contribution in [3.05, 3.63) is 56.6 Å². The largest absolute Gasteiger partial charge is 0.504 e. The second kappa shape index (κ2) is 5.19. The Balaban J connectivity index is 2.26. The number of fused-ring (bicyclic) bond motifs is 1. The highest BCUT2D eigenvalue weighted by atomic mass is 79.9. The molecule has 1 atom stereocenters. The molecule has 0 spiro atoms. The molecule has 3 rings (SSSR count). The van der Waals surface area contributed by atoms with Crippen molar-refractivity contribution in [3.8, 4) is 11.5 Å². The van der Waals surface area contributed by atoms with Crippen LogP contribution in [0, 0.1) is 6.92 Å². The van der Waals surface area contributed by atoms with E-state index in [1.807, 2.05) is 24.3 Å². The van der Waals surface area contributed by atoms with Crippen LogP contribution in [-0.2, 0) is 6.42 Å². The molecule has 21 heavy (non-hydrogen) atoms. The number of aromatic hydroxyl groups is 2. The zero-order chi connectivity index (χ0) is 15.1. The number of carbonyl (C=O) groups excluding carboxylic acids is 1. The van der Waals surface area contributed by atoms with Gasteiger partial charge in [0.1, 0.15) is 0 Å². The predicted molar refractivity (Wildman–Crippen MR) is 84.2 cm³/mol. The van der Waals surface area contributed by atoms with E-state index in [9.17, 15) is 15.0 Å². The Bertz CT molecular complexity index is 737. The van der Waals surface area contributed by atoms with Gasteiger partial charge in [-0.25, -0.2) is 0 Å². The maximum absolute atomic E-state index is 11.3. The Kier molecular flexibility index (Phi) is 3.49.